The minimum absolute atomic E-state index is 0.0439. The van der Waals surface area contributed by atoms with Crippen molar-refractivity contribution < 1.29 is 9.18 Å². The lowest BCUT2D eigenvalue weighted by molar-refractivity contribution is -0.149. The first-order valence-corrected chi connectivity index (χ1v) is 12.7. The molecular formula is C25H47FN4O. The average Bonchev–Trinajstić information content (AvgIpc) is 2.79. The van der Waals surface area contributed by atoms with Crippen molar-refractivity contribution in [2.75, 3.05) is 46.3 Å². The topological polar surface area (TPSA) is 38.8 Å². The van der Waals surface area contributed by atoms with Crippen LogP contribution in [0, 0.1) is 5.92 Å². The van der Waals surface area contributed by atoms with Crippen molar-refractivity contribution in [2.45, 2.75) is 102 Å². The van der Waals surface area contributed by atoms with E-state index in [0.717, 1.165) is 52.1 Å². The monoisotopic (exact) mass is 438 g/mol. The van der Waals surface area contributed by atoms with Crippen LogP contribution in [0.2, 0.25) is 0 Å². The highest BCUT2D eigenvalue weighted by Gasteiger charge is 2.59. The summed E-state index contributed by atoms with van der Waals surface area (Å²) >= 11 is 0. The highest BCUT2D eigenvalue weighted by atomic mass is 19.1. The van der Waals surface area contributed by atoms with Gasteiger partial charge in [-0.1, -0.05) is 6.42 Å². The fourth-order valence-corrected chi connectivity index (χ4v) is 6.79. The van der Waals surface area contributed by atoms with Crippen LogP contribution in [0.4, 0.5) is 4.39 Å². The van der Waals surface area contributed by atoms with E-state index in [-0.39, 0.29) is 28.4 Å². The van der Waals surface area contributed by atoms with Crippen molar-refractivity contribution in [2.24, 2.45) is 5.92 Å². The predicted molar refractivity (Wildman–Crippen MR) is 126 cm³/mol. The van der Waals surface area contributed by atoms with Gasteiger partial charge in [0.05, 0.1) is 5.54 Å². The first kappa shape index (κ1) is 24.9. The van der Waals surface area contributed by atoms with Crippen LogP contribution in [0.5, 0.6) is 0 Å². The fourth-order valence-electron chi connectivity index (χ4n) is 6.79. The van der Waals surface area contributed by atoms with E-state index >= 15 is 0 Å². The third kappa shape index (κ3) is 4.54. The van der Waals surface area contributed by atoms with Crippen molar-refractivity contribution in [3.05, 3.63) is 0 Å². The maximum Gasteiger partial charge on any atom is 0.222 e. The van der Waals surface area contributed by atoms with Gasteiger partial charge in [0.1, 0.15) is 6.17 Å². The molecule has 0 bridgehead atoms. The highest BCUT2D eigenvalue weighted by molar-refractivity contribution is 5.78. The summed E-state index contributed by atoms with van der Waals surface area (Å²) in [5.41, 5.74) is -0.292. The molecule has 3 aliphatic heterocycles. The zero-order chi connectivity index (χ0) is 22.9. The van der Waals surface area contributed by atoms with Crippen LogP contribution >= 0.6 is 0 Å². The normalized spacial score (nSPS) is 26.5. The van der Waals surface area contributed by atoms with Gasteiger partial charge in [-0.2, -0.15) is 0 Å². The van der Waals surface area contributed by atoms with Crippen LogP contribution in [0.25, 0.3) is 0 Å². The lowest BCUT2D eigenvalue weighted by Gasteiger charge is -2.66. The summed E-state index contributed by atoms with van der Waals surface area (Å²) < 4.78 is 14.1. The number of likely N-dealkylation sites (tertiary alicyclic amines) is 3. The number of nitrogens with zero attached hydrogens (tertiary/aromatic N) is 3. The first-order valence-electron chi connectivity index (χ1n) is 12.7. The van der Waals surface area contributed by atoms with E-state index in [1.54, 1.807) is 7.05 Å². The van der Waals surface area contributed by atoms with Gasteiger partial charge in [0.25, 0.3) is 0 Å². The quantitative estimate of drug-likeness (QED) is 0.687. The molecule has 180 valence electrons. The standard InChI is InChI=1S/C25H47FN4O/c1-23(2,28-14-8-7-9-15-28)25(5,30-18-12-21(26)13-19-30)24(3,4)29-16-10-20(11-17-29)22(31)27-6/h20-21H,7-19H2,1-6H3,(H,27,31). The molecule has 0 aromatic heterocycles. The van der Waals surface area contributed by atoms with Crippen molar-refractivity contribution in [3.8, 4) is 0 Å². The van der Waals surface area contributed by atoms with Gasteiger partial charge in [0.2, 0.25) is 5.91 Å². The number of carbonyl (C=O) groups is 1. The van der Waals surface area contributed by atoms with Gasteiger partial charge in [-0.05, 0) is 99.3 Å². The number of amides is 1. The van der Waals surface area contributed by atoms with Crippen molar-refractivity contribution in [3.63, 3.8) is 0 Å². The third-order valence-corrected chi connectivity index (χ3v) is 9.49. The molecule has 0 radical (unpaired) electrons. The number of alkyl halides is 1. The molecule has 3 aliphatic rings. The molecule has 5 nitrogen and oxygen atoms in total. The number of nitrogens with one attached hydrogen (secondary N) is 1. The molecule has 3 heterocycles. The number of rotatable bonds is 6. The maximum atomic E-state index is 14.1. The lowest BCUT2D eigenvalue weighted by atomic mass is 9.64. The summed E-state index contributed by atoms with van der Waals surface area (Å²) in [5, 5.41) is 2.83. The summed E-state index contributed by atoms with van der Waals surface area (Å²) in [6.45, 7) is 17.9. The van der Waals surface area contributed by atoms with E-state index < -0.39 is 6.17 Å². The smallest absolute Gasteiger partial charge is 0.222 e. The minimum Gasteiger partial charge on any atom is -0.359 e. The summed E-state index contributed by atoms with van der Waals surface area (Å²) in [5.74, 6) is 0.305. The molecule has 1 N–H and O–H groups in total. The van der Waals surface area contributed by atoms with E-state index in [1.807, 2.05) is 0 Å². The molecule has 0 aromatic rings. The number of piperidine rings is 3. The number of hydrogen-bond donors (Lipinski definition) is 1. The van der Waals surface area contributed by atoms with Crippen LogP contribution in [-0.4, -0.2) is 89.7 Å². The molecule has 3 rings (SSSR count). The van der Waals surface area contributed by atoms with Gasteiger partial charge in [-0.25, -0.2) is 4.39 Å². The molecule has 1 amide bonds. The van der Waals surface area contributed by atoms with Gasteiger partial charge in [0, 0.05) is 37.1 Å². The largest absolute Gasteiger partial charge is 0.359 e. The van der Waals surface area contributed by atoms with Crippen molar-refractivity contribution in [1.29, 1.82) is 0 Å². The Kier molecular flexibility index (Phi) is 7.75. The second-order valence-corrected chi connectivity index (χ2v) is 11.3. The second kappa shape index (κ2) is 9.64. The highest BCUT2D eigenvalue weighted by Crippen LogP contribution is 2.47. The van der Waals surface area contributed by atoms with Gasteiger partial charge >= 0.3 is 0 Å². The Morgan fingerprint density at radius 3 is 1.68 bits per heavy atom. The molecule has 1 unspecified atom stereocenters. The van der Waals surface area contributed by atoms with E-state index in [0.29, 0.717) is 12.8 Å². The summed E-state index contributed by atoms with van der Waals surface area (Å²) in [6, 6.07) is 0. The van der Waals surface area contributed by atoms with Crippen molar-refractivity contribution in [1.82, 2.24) is 20.0 Å². The van der Waals surface area contributed by atoms with E-state index in [2.05, 4.69) is 54.6 Å². The Balaban J connectivity index is 1.90. The second-order valence-electron chi connectivity index (χ2n) is 11.3. The number of hydrogen-bond acceptors (Lipinski definition) is 4. The van der Waals surface area contributed by atoms with Gasteiger partial charge in [0.15, 0.2) is 0 Å². The molecule has 0 aromatic carbocycles. The molecule has 3 saturated heterocycles. The Labute approximate surface area is 190 Å². The van der Waals surface area contributed by atoms with Crippen LogP contribution in [0.15, 0.2) is 0 Å². The van der Waals surface area contributed by atoms with Gasteiger partial charge < -0.3 is 5.32 Å². The van der Waals surface area contributed by atoms with Gasteiger partial charge in [-0.3, -0.25) is 19.5 Å². The maximum absolute atomic E-state index is 14.1. The minimum atomic E-state index is -0.662. The predicted octanol–water partition coefficient (Wildman–Crippen LogP) is 3.68. The molecule has 3 fully saturated rings. The van der Waals surface area contributed by atoms with E-state index in [9.17, 15) is 9.18 Å². The van der Waals surface area contributed by atoms with Crippen LogP contribution in [-0.2, 0) is 4.79 Å². The van der Waals surface area contributed by atoms with Crippen LogP contribution in [0.1, 0.15) is 79.6 Å². The third-order valence-electron chi connectivity index (χ3n) is 9.49. The summed E-state index contributed by atoms with van der Waals surface area (Å²) in [4.78, 5) is 20.1. The molecule has 31 heavy (non-hydrogen) atoms. The molecule has 1 atom stereocenters. The SMILES string of the molecule is CNC(=O)C1CCN(C(C)(C)C(C)(N2CCC(F)CC2)C(C)(C)N2CCCCC2)CC1. The lowest BCUT2D eigenvalue weighted by Crippen LogP contribution is -2.79. The van der Waals surface area contributed by atoms with Crippen LogP contribution in [0.3, 0.4) is 0 Å². The number of halogens is 1. The molecule has 0 aliphatic carbocycles. The Bertz CT molecular complexity index is 603. The summed E-state index contributed by atoms with van der Waals surface area (Å²) in [7, 11) is 1.74. The zero-order valence-electron chi connectivity index (χ0n) is 21.0. The summed E-state index contributed by atoms with van der Waals surface area (Å²) in [6.07, 6.45) is 6.30. The van der Waals surface area contributed by atoms with E-state index in [1.165, 1.54) is 19.3 Å². The van der Waals surface area contributed by atoms with Gasteiger partial charge in [-0.15, -0.1) is 0 Å². The number of carbonyl (C=O) groups excluding carboxylic acids is 1. The Morgan fingerprint density at radius 1 is 0.742 bits per heavy atom. The Morgan fingerprint density at radius 2 is 1.19 bits per heavy atom. The molecule has 0 spiro atoms. The van der Waals surface area contributed by atoms with E-state index in [4.69, 9.17) is 0 Å². The fraction of sp³-hybridized carbons (Fsp3) is 0.960. The zero-order valence-corrected chi connectivity index (χ0v) is 21.0. The molecule has 0 saturated carbocycles. The average molecular weight is 439 g/mol. The van der Waals surface area contributed by atoms with Crippen molar-refractivity contribution >= 4 is 5.91 Å². The Hall–Kier alpha value is -0.720. The molecule has 6 heteroatoms. The molecular weight excluding hydrogens is 391 g/mol. The van der Waals surface area contributed by atoms with Crippen LogP contribution < -0.4 is 5.32 Å². The first-order chi connectivity index (χ1) is 14.6.